The van der Waals surface area contributed by atoms with Crippen LogP contribution in [0.2, 0.25) is 0 Å². The summed E-state index contributed by atoms with van der Waals surface area (Å²) >= 11 is 1.09. The van der Waals surface area contributed by atoms with E-state index in [9.17, 15) is 22.4 Å². The first kappa shape index (κ1) is 22.4. The zero-order valence-corrected chi connectivity index (χ0v) is 18.3. The lowest BCUT2D eigenvalue weighted by Crippen LogP contribution is -2.45. The van der Waals surface area contributed by atoms with Crippen molar-refractivity contribution >= 4 is 43.2 Å². The van der Waals surface area contributed by atoms with Gasteiger partial charge in [0.05, 0.1) is 10.2 Å². The van der Waals surface area contributed by atoms with Gasteiger partial charge in [0.25, 0.3) is 5.91 Å². The van der Waals surface area contributed by atoms with Gasteiger partial charge in [0.1, 0.15) is 17.3 Å². The van der Waals surface area contributed by atoms with Crippen LogP contribution in [0, 0.1) is 5.82 Å². The molecule has 10 heteroatoms. The number of fused-ring (bicyclic) bond motifs is 1. The van der Waals surface area contributed by atoms with Crippen molar-refractivity contribution in [2.45, 2.75) is 38.8 Å². The number of benzene rings is 1. The number of thiazole rings is 1. The second kappa shape index (κ2) is 9.22. The molecule has 162 valence electrons. The van der Waals surface area contributed by atoms with Crippen molar-refractivity contribution in [1.82, 2.24) is 9.47 Å². The zero-order valence-electron chi connectivity index (χ0n) is 16.7. The molecule has 1 aliphatic heterocycles. The summed E-state index contributed by atoms with van der Waals surface area (Å²) in [6, 6.07) is 4.21. The summed E-state index contributed by atoms with van der Waals surface area (Å²) in [6.45, 7) is 6.43. The first-order valence-corrected chi connectivity index (χ1v) is 12.3. The van der Waals surface area contributed by atoms with Crippen molar-refractivity contribution in [3.63, 3.8) is 0 Å². The monoisotopic (exact) mass is 453 g/mol. The molecule has 7 nitrogen and oxygen atoms in total. The number of allylic oxidation sites excluding steroid dienone is 1. The van der Waals surface area contributed by atoms with Crippen LogP contribution in [0.1, 0.15) is 26.2 Å². The predicted octanol–water partition coefficient (Wildman–Crippen LogP) is 2.27. The fourth-order valence-electron chi connectivity index (χ4n) is 3.56. The lowest BCUT2D eigenvalue weighted by atomic mass is 10.0. The van der Waals surface area contributed by atoms with Crippen LogP contribution in [0.25, 0.3) is 10.2 Å². The van der Waals surface area contributed by atoms with Crippen molar-refractivity contribution in [3.05, 3.63) is 41.5 Å². The van der Waals surface area contributed by atoms with Crippen molar-refractivity contribution in [2.24, 2.45) is 4.99 Å². The second-order valence-electron chi connectivity index (χ2n) is 7.37. The molecule has 2 aromatic rings. The van der Waals surface area contributed by atoms with Gasteiger partial charge in [0.2, 0.25) is 5.91 Å². The quantitative estimate of drug-likeness (QED) is 0.628. The number of carbonyl (C=O) groups is 2. The molecule has 2 amide bonds. The van der Waals surface area contributed by atoms with Crippen LogP contribution in [0.3, 0.4) is 0 Å². The summed E-state index contributed by atoms with van der Waals surface area (Å²) < 4.78 is 40.6. The average Bonchev–Trinajstić information content (AvgIpc) is 2.97. The van der Waals surface area contributed by atoms with Gasteiger partial charge in [-0.2, -0.15) is 4.99 Å². The summed E-state index contributed by atoms with van der Waals surface area (Å²) in [5.41, 5.74) is 0.671. The van der Waals surface area contributed by atoms with Crippen LogP contribution in [-0.2, 0) is 26.0 Å². The Labute approximate surface area is 178 Å². The number of carbonyl (C=O) groups excluding carboxylic acids is 2. The number of hydrogen-bond donors (Lipinski definition) is 0. The van der Waals surface area contributed by atoms with Crippen LogP contribution < -0.4 is 4.80 Å². The standard InChI is InChI=1S/C20H24FN3O4S2/c1-3-9-24-16-8-7-15(21)11-17(16)29-20(24)22-18(25)12-30(27,28)13-19(26)23-10-5-4-6-14(23)2/h3,7-8,11,14H,1,4-6,9-10,12-13H2,2H3. The van der Waals surface area contributed by atoms with Gasteiger partial charge in [0, 0.05) is 19.1 Å². The summed E-state index contributed by atoms with van der Waals surface area (Å²) in [5, 5.41) is 0. The highest BCUT2D eigenvalue weighted by molar-refractivity contribution is 7.92. The van der Waals surface area contributed by atoms with Crippen LogP contribution in [0.5, 0.6) is 0 Å². The van der Waals surface area contributed by atoms with Crippen molar-refractivity contribution in [1.29, 1.82) is 0 Å². The smallest absolute Gasteiger partial charge is 0.263 e. The van der Waals surface area contributed by atoms with E-state index < -0.39 is 39.0 Å². The molecule has 30 heavy (non-hydrogen) atoms. The Bertz CT molecular complexity index is 1150. The minimum Gasteiger partial charge on any atom is -0.339 e. The van der Waals surface area contributed by atoms with Gasteiger partial charge < -0.3 is 9.47 Å². The Hall–Kier alpha value is -2.33. The summed E-state index contributed by atoms with van der Waals surface area (Å²) in [4.78, 5) is 30.5. The van der Waals surface area contributed by atoms with E-state index >= 15 is 0 Å². The number of piperidine rings is 1. The van der Waals surface area contributed by atoms with Crippen LogP contribution in [0.15, 0.2) is 35.8 Å². The van der Waals surface area contributed by atoms with Gasteiger partial charge in [-0.15, -0.1) is 6.58 Å². The van der Waals surface area contributed by atoms with E-state index in [-0.39, 0.29) is 10.8 Å². The minimum absolute atomic E-state index is 0.00126. The third-order valence-electron chi connectivity index (χ3n) is 4.99. The molecule has 1 atom stereocenters. The van der Waals surface area contributed by atoms with Crippen LogP contribution in [0.4, 0.5) is 4.39 Å². The Morgan fingerprint density at radius 2 is 2.10 bits per heavy atom. The number of rotatable bonds is 6. The third kappa shape index (κ3) is 5.23. The fourth-order valence-corrected chi connectivity index (χ4v) is 5.72. The fraction of sp³-hybridized carbons (Fsp3) is 0.450. The second-order valence-corrected chi connectivity index (χ2v) is 10.4. The maximum absolute atomic E-state index is 13.5. The molecule has 1 saturated heterocycles. The number of aromatic nitrogens is 1. The minimum atomic E-state index is -3.95. The summed E-state index contributed by atoms with van der Waals surface area (Å²) in [7, 11) is -3.95. The number of nitrogens with zero attached hydrogens (tertiary/aromatic N) is 3. The Balaban J connectivity index is 1.80. The number of halogens is 1. The molecule has 0 aliphatic carbocycles. The number of likely N-dealkylation sites (tertiary alicyclic amines) is 1. The third-order valence-corrected chi connectivity index (χ3v) is 7.40. The maximum atomic E-state index is 13.5. The number of amides is 2. The van der Waals surface area contributed by atoms with Crippen LogP contribution >= 0.6 is 11.3 Å². The molecule has 0 saturated carbocycles. The Kier molecular flexibility index (Phi) is 6.87. The predicted molar refractivity (Wildman–Crippen MR) is 114 cm³/mol. The first-order chi connectivity index (χ1) is 14.2. The summed E-state index contributed by atoms with van der Waals surface area (Å²) in [5.74, 6) is -3.31. The molecule has 0 radical (unpaired) electrons. The first-order valence-electron chi connectivity index (χ1n) is 9.67. The molecular weight excluding hydrogens is 429 g/mol. The molecule has 1 unspecified atom stereocenters. The van der Waals surface area contributed by atoms with E-state index in [1.54, 1.807) is 21.6 Å². The van der Waals surface area contributed by atoms with Crippen LogP contribution in [-0.4, -0.2) is 53.8 Å². The normalized spacial score (nSPS) is 18.0. The molecule has 2 heterocycles. The number of hydrogen-bond acceptors (Lipinski definition) is 5. The molecule has 0 spiro atoms. The van der Waals surface area contributed by atoms with Crippen molar-refractivity contribution in [2.75, 3.05) is 18.1 Å². The highest BCUT2D eigenvalue weighted by atomic mass is 32.2. The highest BCUT2D eigenvalue weighted by Gasteiger charge is 2.28. The molecule has 1 aromatic carbocycles. The molecule has 1 fully saturated rings. The average molecular weight is 454 g/mol. The van der Waals surface area contributed by atoms with E-state index in [1.807, 2.05) is 6.92 Å². The lowest BCUT2D eigenvalue weighted by Gasteiger charge is -2.33. The molecule has 0 N–H and O–H groups in total. The van der Waals surface area contributed by atoms with Gasteiger partial charge in [-0.25, -0.2) is 12.8 Å². The maximum Gasteiger partial charge on any atom is 0.263 e. The van der Waals surface area contributed by atoms with E-state index in [2.05, 4.69) is 11.6 Å². The van der Waals surface area contributed by atoms with Gasteiger partial charge >= 0.3 is 0 Å². The SMILES string of the molecule is C=CCn1c(=NC(=O)CS(=O)(=O)CC(=O)N2CCCCC2C)sc2cc(F)ccc21. The molecule has 1 aromatic heterocycles. The largest absolute Gasteiger partial charge is 0.339 e. The van der Waals surface area contributed by atoms with E-state index in [1.165, 1.54) is 12.1 Å². The van der Waals surface area contributed by atoms with E-state index in [0.717, 1.165) is 30.6 Å². The molecule has 3 rings (SSSR count). The van der Waals surface area contributed by atoms with Crippen molar-refractivity contribution < 1.29 is 22.4 Å². The van der Waals surface area contributed by atoms with E-state index in [0.29, 0.717) is 23.3 Å². The van der Waals surface area contributed by atoms with E-state index in [4.69, 9.17) is 0 Å². The molecule has 0 bridgehead atoms. The van der Waals surface area contributed by atoms with Gasteiger partial charge in [0.15, 0.2) is 14.6 Å². The highest BCUT2D eigenvalue weighted by Crippen LogP contribution is 2.19. The Morgan fingerprint density at radius 3 is 2.80 bits per heavy atom. The van der Waals surface area contributed by atoms with Gasteiger partial charge in [-0.3, -0.25) is 9.59 Å². The number of sulfone groups is 1. The summed E-state index contributed by atoms with van der Waals surface area (Å²) in [6.07, 6.45) is 4.31. The lowest BCUT2D eigenvalue weighted by molar-refractivity contribution is -0.131. The zero-order chi connectivity index (χ0) is 21.9. The van der Waals surface area contributed by atoms with Gasteiger partial charge in [-0.1, -0.05) is 17.4 Å². The van der Waals surface area contributed by atoms with Crippen molar-refractivity contribution in [3.8, 4) is 0 Å². The topological polar surface area (TPSA) is 88.8 Å². The molecular formula is C20H24FN3O4S2. The Morgan fingerprint density at radius 1 is 1.33 bits per heavy atom. The van der Waals surface area contributed by atoms with Gasteiger partial charge in [-0.05, 0) is 44.4 Å². The molecule has 1 aliphatic rings.